The Balaban J connectivity index is 1.80. The molecule has 1 amide bonds. The molecule has 21 heavy (non-hydrogen) atoms. The lowest BCUT2D eigenvalue weighted by molar-refractivity contribution is -0.122. The Morgan fingerprint density at radius 1 is 1.24 bits per heavy atom. The van der Waals surface area contributed by atoms with Crippen LogP contribution in [0.1, 0.15) is 57.9 Å². The predicted molar refractivity (Wildman–Crippen MR) is 88.5 cm³/mol. The molecule has 0 aromatic heterocycles. The second kappa shape index (κ2) is 8.06. The highest BCUT2D eigenvalue weighted by atomic mass is 16.2. The van der Waals surface area contributed by atoms with Gasteiger partial charge in [-0.2, -0.15) is 0 Å². The van der Waals surface area contributed by atoms with Gasteiger partial charge in [0.2, 0.25) is 5.91 Å². The Hall–Kier alpha value is -1.51. The van der Waals surface area contributed by atoms with Crippen molar-refractivity contribution in [1.82, 2.24) is 5.32 Å². The van der Waals surface area contributed by atoms with Gasteiger partial charge in [0.15, 0.2) is 0 Å². The SMILES string of the molecule is CCCCc1ccc(NC(C)C(=O)NC2CCCC2)cc1. The van der Waals surface area contributed by atoms with Crippen LogP contribution in [0.3, 0.4) is 0 Å². The summed E-state index contributed by atoms with van der Waals surface area (Å²) in [4.78, 5) is 12.1. The molecule has 0 bridgehead atoms. The monoisotopic (exact) mass is 288 g/mol. The van der Waals surface area contributed by atoms with Gasteiger partial charge in [0.05, 0.1) is 0 Å². The van der Waals surface area contributed by atoms with Gasteiger partial charge in [0, 0.05) is 11.7 Å². The van der Waals surface area contributed by atoms with E-state index in [1.54, 1.807) is 0 Å². The molecule has 1 aromatic rings. The molecule has 0 aliphatic heterocycles. The molecule has 0 spiro atoms. The van der Waals surface area contributed by atoms with Crippen LogP contribution in [0.4, 0.5) is 5.69 Å². The van der Waals surface area contributed by atoms with Crippen molar-refractivity contribution in [2.75, 3.05) is 5.32 Å². The molecule has 1 aromatic carbocycles. The number of amides is 1. The highest BCUT2D eigenvalue weighted by molar-refractivity contribution is 5.84. The second-order valence-electron chi connectivity index (χ2n) is 6.16. The van der Waals surface area contributed by atoms with Crippen LogP contribution < -0.4 is 10.6 Å². The van der Waals surface area contributed by atoms with Gasteiger partial charge in [-0.3, -0.25) is 4.79 Å². The zero-order chi connectivity index (χ0) is 15.1. The van der Waals surface area contributed by atoms with Crippen LogP contribution in [0, 0.1) is 0 Å². The van der Waals surface area contributed by atoms with E-state index in [0.717, 1.165) is 24.9 Å². The molecular weight excluding hydrogens is 260 g/mol. The minimum atomic E-state index is -0.188. The molecular formula is C18H28N2O. The van der Waals surface area contributed by atoms with Crippen molar-refractivity contribution in [3.63, 3.8) is 0 Å². The Kier molecular flexibility index (Phi) is 6.09. The second-order valence-corrected chi connectivity index (χ2v) is 6.16. The minimum Gasteiger partial charge on any atom is -0.374 e. The predicted octanol–water partition coefficient (Wildman–Crippen LogP) is 3.89. The minimum absolute atomic E-state index is 0.108. The van der Waals surface area contributed by atoms with Gasteiger partial charge < -0.3 is 10.6 Å². The largest absolute Gasteiger partial charge is 0.374 e. The zero-order valence-corrected chi connectivity index (χ0v) is 13.3. The van der Waals surface area contributed by atoms with Gasteiger partial charge >= 0.3 is 0 Å². The highest BCUT2D eigenvalue weighted by Crippen LogP contribution is 2.18. The van der Waals surface area contributed by atoms with Crippen LogP contribution in [-0.2, 0) is 11.2 Å². The van der Waals surface area contributed by atoms with Crippen molar-refractivity contribution < 1.29 is 4.79 Å². The van der Waals surface area contributed by atoms with Crippen molar-refractivity contribution in [2.45, 2.75) is 70.9 Å². The van der Waals surface area contributed by atoms with Gasteiger partial charge in [-0.05, 0) is 50.3 Å². The fourth-order valence-electron chi connectivity index (χ4n) is 2.86. The van der Waals surface area contributed by atoms with Gasteiger partial charge in [0.25, 0.3) is 0 Å². The number of rotatable bonds is 7. The quantitative estimate of drug-likeness (QED) is 0.799. The molecule has 2 rings (SSSR count). The number of aryl methyl sites for hydroxylation is 1. The highest BCUT2D eigenvalue weighted by Gasteiger charge is 2.20. The average molecular weight is 288 g/mol. The first kappa shape index (κ1) is 15.9. The molecule has 3 nitrogen and oxygen atoms in total. The Morgan fingerprint density at radius 3 is 2.52 bits per heavy atom. The lowest BCUT2D eigenvalue weighted by atomic mass is 10.1. The number of hydrogen-bond acceptors (Lipinski definition) is 2. The van der Waals surface area contributed by atoms with Crippen LogP contribution in [0.5, 0.6) is 0 Å². The topological polar surface area (TPSA) is 41.1 Å². The van der Waals surface area contributed by atoms with Crippen molar-refractivity contribution in [2.24, 2.45) is 0 Å². The van der Waals surface area contributed by atoms with Crippen molar-refractivity contribution >= 4 is 11.6 Å². The van der Waals surface area contributed by atoms with Crippen LogP contribution in [0.25, 0.3) is 0 Å². The summed E-state index contributed by atoms with van der Waals surface area (Å²) < 4.78 is 0. The van der Waals surface area contributed by atoms with Crippen LogP contribution in [0.15, 0.2) is 24.3 Å². The smallest absolute Gasteiger partial charge is 0.242 e. The standard InChI is InChI=1S/C18H28N2O/c1-3-4-7-15-10-12-17(13-11-15)19-14(2)18(21)20-16-8-5-6-9-16/h10-14,16,19H,3-9H2,1-2H3,(H,20,21). The molecule has 3 heteroatoms. The molecule has 0 saturated heterocycles. The normalized spacial score (nSPS) is 16.7. The van der Waals surface area contributed by atoms with Gasteiger partial charge in [-0.15, -0.1) is 0 Å². The number of hydrogen-bond donors (Lipinski definition) is 2. The number of nitrogens with one attached hydrogen (secondary N) is 2. The molecule has 1 fully saturated rings. The molecule has 116 valence electrons. The number of carbonyl (C=O) groups excluding carboxylic acids is 1. The van der Waals surface area contributed by atoms with E-state index in [2.05, 4.69) is 41.8 Å². The van der Waals surface area contributed by atoms with Crippen LogP contribution in [0.2, 0.25) is 0 Å². The van der Waals surface area contributed by atoms with Gasteiger partial charge in [-0.25, -0.2) is 0 Å². The molecule has 1 unspecified atom stereocenters. The maximum Gasteiger partial charge on any atom is 0.242 e. The zero-order valence-electron chi connectivity index (χ0n) is 13.3. The van der Waals surface area contributed by atoms with Crippen molar-refractivity contribution in [3.05, 3.63) is 29.8 Å². The molecule has 1 aliphatic rings. The van der Waals surface area contributed by atoms with Crippen molar-refractivity contribution in [1.29, 1.82) is 0 Å². The lowest BCUT2D eigenvalue weighted by Crippen LogP contribution is -2.42. The van der Waals surface area contributed by atoms with Gasteiger partial charge in [-0.1, -0.05) is 38.3 Å². The summed E-state index contributed by atoms with van der Waals surface area (Å²) in [6, 6.07) is 8.65. The number of anilines is 1. The van der Waals surface area contributed by atoms with E-state index >= 15 is 0 Å². The third-order valence-corrected chi connectivity index (χ3v) is 4.25. The summed E-state index contributed by atoms with van der Waals surface area (Å²) in [5, 5.41) is 6.42. The average Bonchev–Trinajstić information content (AvgIpc) is 2.99. The number of carbonyl (C=O) groups is 1. The third-order valence-electron chi connectivity index (χ3n) is 4.25. The van der Waals surface area contributed by atoms with E-state index in [1.165, 1.54) is 31.2 Å². The maximum absolute atomic E-state index is 12.1. The molecule has 0 radical (unpaired) electrons. The molecule has 1 aliphatic carbocycles. The summed E-state index contributed by atoms with van der Waals surface area (Å²) in [6.45, 7) is 4.13. The van der Waals surface area contributed by atoms with E-state index in [4.69, 9.17) is 0 Å². The maximum atomic E-state index is 12.1. The summed E-state index contributed by atoms with van der Waals surface area (Å²) in [6.07, 6.45) is 8.33. The van der Waals surface area contributed by atoms with Crippen molar-refractivity contribution in [3.8, 4) is 0 Å². The van der Waals surface area contributed by atoms with E-state index in [-0.39, 0.29) is 11.9 Å². The third kappa shape index (κ3) is 5.07. The summed E-state index contributed by atoms with van der Waals surface area (Å²) in [5.41, 5.74) is 2.38. The van der Waals surface area contributed by atoms with E-state index < -0.39 is 0 Å². The molecule has 0 heterocycles. The first-order valence-electron chi connectivity index (χ1n) is 8.35. The Labute approximate surface area is 128 Å². The van der Waals surface area contributed by atoms with Gasteiger partial charge in [0.1, 0.15) is 6.04 Å². The van der Waals surface area contributed by atoms with E-state index in [0.29, 0.717) is 6.04 Å². The number of benzene rings is 1. The fraction of sp³-hybridized carbons (Fsp3) is 0.611. The van der Waals surface area contributed by atoms with E-state index in [1.807, 2.05) is 6.92 Å². The Morgan fingerprint density at radius 2 is 1.90 bits per heavy atom. The first-order chi connectivity index (χ1) is 10.2. The summed E-state index contributed by atoms with van der Waals surface area (Å²) in [5.74, 6) is 0.108. The number of unbranched alkanes of at least 4 members (excludes halogenated alkanes) is 1. The molecule has 1 saturated carbocycles. The first-order valence-corrected chi connectivity index (χ1v) is 8.35. The Bertz CT molecular complexity index is 435. The summed E-state index contributed by atoms with van der Waals surface area (Å²) in [7, 11) is 0. The molecule has 1 atom stereocenters. The van der Waals surface area contributed by atoms with Crippen LogP contribution >= 0.6 is 0 Å². The van der Waals surface area contributed by atoms with E-state index in [9.17, 15) is 4.79 Å². The fourth-order valence-corrected chi connectivity index (χ4v) is 2.86. The lowest BCUT2D eigenvalue weighted by Gasteiger charge is -2.18. The molecule has 2 N–H and O–H groups in total. The summed E-state index contributed by atoms with van der Waals surface area (Å²) >= 11 is 0. The van der Waals surface area contributed by atoms with Crippen LogP contribution in [-0.4, -0.2) is 18.0 Å².